The molecule has 0 bridgehead atoms. The second-order valence-electron chi connectivity index (χ2n) is 6.88. The molecule has 2 aromatic rings. The Balaban J connectivity index is 1.69. The predicted molar refractivity (Wildman–Crippen MR) is 92.5 cm³/mol. The van der Waals surface area contributed by atoms with Crippen molar-refractivity contribution in [3.63, 3.8) is 0 Å². The van der Waals surface area contributed by atoms with Gasteiger partial charge in [-0.3, -0.25) is 4.79 Å². The van der Waals surface area contributed by atoms with Crippen molar-refractivity contribution < 1.29 is 9.36 Å². The molecular weight excluding hydrogens is 282 g/mol. The van der Waals surface area contributed by atoms with Crippen LogP contribution in [-0.4, -0.2) is 5.78 Å². The maximum Gasteiger partial charge on any atom is 0.206 e. The molecule has 0 aliphatic heterocycles. The van der Waals surface area contributed by atoms with E-state index < -0.39 is 0 Å². The van der Waals surface area contributed by atoms with E-state index in [2.05, 4.69) is 54.9 Å². The van der Waals surface area contributed by atoms with Crippen molar-refractivity contribution in [2.45, 2.75) is 58.4 Å². The van der Waals surface area contributed by atoms with Crippen LogP contribution in [0.1, 0.15) is 53.9 Å². The van der Waals surface area contributed by atoms with E-state index in [1.165, 1.54) is 47.9 Å². The third-order valence-electron chi connectivity index (χ3n) is 5.09. The van der Waals surface area contributed by atoms with Gasteiger partial charge in [-0.1, -0.05) is 31.0 Å². The van der Waals surface area contributed by atoms with Gasteiger partial charge in [-0.25, -0.2) is 0 Å². The third kappa shape index (κ3) is 3.87. The lowest BCUT2D eigenvalue weighted by Crippen LogP contribution is -2.38. The largest absolute Gasteiger partial charge is 0.292 e. The average Bonchev–Trinajstić information content (AvgIpc) is 3.06. The highest BCUT2D eigenvalue weighted by atomic mass is 16.1. The molecule has 120 valence electrons. The van der Waals surface area contributed by atoms with E-state index in [4.69, 9.17) is 0 Å². The van der Waals surface area contributed by atoms with Gasteiger partial charge in [-0.2, -0.15) is 4.57 Å². The van der Waals surface area contributed by atoms with E-state index in [9.17, 15) is 4.79 Å². The Morgan fingerprint density at radius 1 is 1.09 bits per heavy atom. The molecule has 0 N–H and O–H groups in total. The van der Waals surface area contributed by atoms with Gasteiger partial charge in [0.2, 0.25) is 12.3 Å². The topological polar surface area (TPSA) is 20.9 Å². The minimum Gasteiger partial charge on any atom is -0.292 e. The first kappa shape index (κ1) is 15.9. The molecule has 1 aromatic heterocycles. The van der Waals surface area contributed by atoms with Gasteiger partial charge >= 0.3 is 0 Å². The summed E-state index contributed by atoms with van der Waals surface area (Å²) in [7, 11) is 0. The molecule has 1 aliphatic rings. The van der Waals surface area contributed by atoms with Crippen molar-refractivity contribution in [2.24, 2.45) is 0 Å². The Labute approximate surface area is 139 Å². The Kier molecular flexibility index (Phi) is 4.90. The Hall–Kier alpha value is -1.96. The van der Waals surface area contributed by atoms with Gasteiger partial charge in [0, 0.05) is 18.1 Å². The number of Topliss-reactive ketones (excluding diaryl/α,β-unsaturated/α-hetero) is 1. The van der Waals surface area contributed by atoms with Crippen LogP contribution in [0.3, 0.4) is 0 Å². The number of nitrogens with zero attached hydrogens (tertiary/aromatic N) is 1. The first-order valence-electron chi connectivity index (χ1n) is 8.69. The fourth-order valence-corrected chi connectivity index (χ4v) is 3.73. The molecule has 0 amide bonds. The van der Waals surface area contributed by atoms with Crippen LogP contribution in [0, 0.1) is 13.8 Å². The molecule has 0 spiro atoms. The molecule has 1 aromatic carbocycles. The summed E-state index contributed by atoms with van der Waals surface area (Å²) in [5, 5.41) is 0. The van der Waals surface area contributed by atoms with Crippen molar-refractivity contribution in [1.29, 1.82) is 0 Å². The maximum atomic E-state index is 12.5. The lowest BCUT2D eigenvalue weighted by Gasteiger charge is -2.09. The van der Waals surface area contributed by atoms with Crippen molar-refractivity contribution in [3.05, 3.63) is 65.0 Å². The minimum atomic E-state index is 0.274. The number of hydrogen-bond donors (Lipinski definition) is 0. The zero-order valence-electron chi connectivity index (χ0n) is 14.2. The summed E-state index contributed by atoms with van der Waals surface area (Å²) < 4.78 is 2.06. The van der Waals surface area contributed by atoms with Crippen LogP contribution < -0.4 is 4.57 Å². The molecular formula is C21H26NO+. The summed E-state index contributed by atoms with van der Waals surface area (Å²) in [4.78, 5) is 12.5. The zero-order valence-corrected chi connectivity index (χ0v) is 14.2. The third-order valence-corrected chi connectivity index (χ3v) is 5.09. The molecule has 2 heteroatoms. The van der Waals surface area contributed by atoms with Gasteiger partial charge in [0.05, 0.1) is 0 Å². The first-order valence-corrected chi connectivity index (χ1v) is 8.69. The van der Waals surface area contributed by atoms with Gasteiger partial charge in [0.1, 0.15) is 0 Å². The molecule has 3 rings (SSSR count). The second-order valence-corrected chi connectivity index (χ2v) is 6.88. The molecule has 23 heavy (non-hydrogen) atoms. The van der Waals surface area contributed by atoms with Crippen LogP contribution in [0.4, 0.5) is 0 Å². The van der Waals surface area contributed by atoms with Crippen LogP contribution in [0.25, 0.3) is 0 Å². The molecule has 0 radical (unpaired) electrons. The molecule has 0 saturated heterocycles. The second kappa shape index (κ2) is 7.08. The van der Waals surface area contributed by atoms with Crippen molar-refractivity contribution in [1.82, 2.24) is 0 Å². The summed E-state index contributed by atoms with van der Waals surface area (Å²) in [5.74, 6) is 0.965. The molecule has 0 unspecified atom stereocenters. The van der Waals surface area contributed by atoms with Gasteiger partial charge in [0.15, 0.2) is 12.4 Å². The number of carbonyl (C=O) groups is 1. The summed E-state index contributed by atoms with van der Waals surface area (Å²) in [6.45, 7) is 4.64. The number of aryl methyl sites for hydroxylation is 2. The fourth-order valence-electron chi connectivity index (χ4n) is 3.73. The predicted octanol–water partition coefficient (Wildman–Crippen LogP) is 4.06. The molecule has 1 fully saturated rings. The minimum absolute atomic E-state index is 0.274. The van der Waals surface area contributed by atoms with Crippen molar-refractivity contribution in [2.75, 3.05) is 0 Å². The van der Waals surface area contributed by atoms with E-state index in [0.717, 1.165) is 0 Å². The average molecular weight is 308 g/mol. The Bertz CT molecular complexity index is 678. The molecule has 1 saturated carbocycles. The summed E-state index contributed by atoms with van der Waals surface area (Å²) in [5.41, 5.74) is 5.00. The SMILES string of the molecule is Cc1cccc(C)c1CC(=O)C[n+]1cccc(C2CCCC2)c1. The fraction of sp³-hybridized carbons (Fsp3) is 0.429. The van der Waals surface area contributed by atoms with Crippen molar-refractivity contribution in [3.8, 4) is 0 Å². The summed E-state index contributed by atoms with van der Waals surface area (Å²) in [6, 6.07) is 10.5. The molecule has 0 atom stereocenters. The molecule has 2 nitrogen and oxygen atoms in total. The number of carbonyl (C=O) groups excluding carboxylic acids is 1. The number of pyridine rings is 1. The quantitative estimate of drug-likeness (QED) is 0.763. The molecule has 1 heterocycles. The van der Waals surface area contributed by atoms with Crippen LogP contribution in [-0.2, 0) is 17.8 Å². The van der Waals surface area contributed by atoms with E-state index in [1.807, 2.05) is 6.20 Å². The number of benzene rings is 1. The van der Waals surface area contributed by atoms with E-state index in [-0.39, 0.29) is 5.78 Å². The van der Waals surface area contributed by atoms with E-state index in [0.29, 0.717) is 18.9 Å². The number of rotatable bonds is 5. The van der Waals surface area contributed by atoms with Crippen LogP contribution in [0.15, 0.2) is 42.7 Å². The number of hydrogen-bond acceptors (Lipinski definition) is 1. The lowest BCUT2D eigenvalue weighted by molar-refractivity contribution is -0.684. The van der Waals surface area contributed by atoms with E-state index >= 15 is 0 Å². The monoisotopic (exact) mass is 308 g/mol. The number of aromatic nitrogens is 1. The lowest BCUT2D eigenvalue weighted by atomic mass is 9.98. The Morgan fingerprint density at radius 3 is 2.48 bits per heavy atom. The van der Waals surface area contributed by atoms with Crippen LogP contribution >= 0.6 is 0 Å². The van der Waals surface area contributed by atoms with Gasteiger partial charge in [-0.05, 0) is 55.4 Å². The summed E-state index contributed by atoms with van der Waals surface area (Å²) >= 11 is 0. The highest BCUT2D eigenvalue weighted by Gasteiger charge is 2.20. The van der Waals surface area contributed by atoms with Crippen LogP contribution in [0.2, 0.25) is 0 Å². The van der Waals surface area contributed by atoms with Gasteiger partial charge in [-0.15, -0.1) is 0 Å². The standard InChI is InChI=1S/C21H26NO/c1-16-7-5-8-17(2)21(16)13-20(23)15-22-12-6-11-19(14-22)18-9-3-4-10-18/h5-8,11-12,14,18H,3-4,9-10,13,15H2,1-2H3/q+1. The van der Waals surface area contributed by atoms with Crippen LogP contribution in [0.5, 0.6) is 0 Å². The highest BCUT2D eigenvalue weighted by molar-refractivity contribution is 5.80. The summed E-state index contributed by atoms with van der Waals surface area (Å²) in [6.07, 6.45) is 9.98. The van der Waals surface area contributed by atoms with E-state index in [1.54, 1.807) is 0 Å². The van der Waals surface area contributed by atoms with Gasteiger partial charge in [0.25, 0.3) is 0 Å². The first-order chi connectivity index (χ1) is 11.1. The van der Waals surface area contributed by atoms with Gasteiger partial charge < -0.3 is 0 Å². The highest BCUT2D eigenvalue weighted by Crippen LogP contribution is 2.33. The Morgan fingerprint density at radius 2 is 1.78 bits per heavy atom. The van der Waals surface area contributed by atoms with Crippen molar-refractivity contribution >= 4 is 5.78 Å². The molecule has 1 aliphatic carbocycles. The smallest absolute Gasteiger partial charge is 0.206 e. The zero-order chi connectivity index (χ0) is 16.2. The number of ketones is 1. The maximum absolute atomic E-state index is 12.5. The normalized spacial score (nSPS) is 15.0.